The number of nitrogens with zero attached hydrogens (tertiary/aromatic N) is 3. The van der Waals surface area contributed by atoms with Crippen molar-refractivity contribution in [2.24, 2.45) is 0 Å². The van der Waals surface area contributed by atoms with Crippen LogP contribution in [0.4, 0.5) is 0 Å². The zero-order valence-electron chi connectivity index (χ0n) is 15.4. The second-order valence-electron chi connectivity index (χ2n) is 7.20. The Hall–Kier alpha value is -2.77. The number of likely N-dealkylation sites (tertiary alicyclic amines) is 2. The van der Waals surface area contributed by atoms with Crippen molar-refractivity contribution in [3.63, 3.8) is 0 Å². The van der Waals surface area contributed by atoms with Gasteiger partial charge in [-0.05, 0) is 12.8 Å². The molecule has 0 saturated carbocycles. The van der Waals surface area contributed by atoms with Crippen molar-refractivity contribution in [2.75, 3.05) is 32.7 Å². The van der Waals surface area contributed by atoms with Crippen LogP contribution in [-0.2, 0) is 24.0 Å². The second-order valence-corrected chi connectivity index (χ2v) is 7.20. The van der Waals surface area contributed by atoms with E-state index in [2.05, 4.69) is 0 Å². The number of hydrogen-bond donors (Lipinski definition) is 5. The van der Waals surface area contributed by atoms with Crippen molar-refractivity contribution in [3.05, 3.63) is 0 Å². The molecule has 0 radical (unpaired) electrons. The fourth-order valence-electron chi connectivity index (χ4n) is 4.16. The minimum atomic E-state index is -1.23. The van der Waals surface area contributed by atoms with Gasteiger partial charge < -0.3 is 25.5 Å². The molecule has 0 amide bonds. The Morgan fingerprint density at radius 2 is 1.07 bits per heavy atom. The molecule has 0 spiro atoms. The van der Waals surface area contributed by atoms with Crippen LogP contribution >= 0.6 is 0 Å². The van der Waals surface area contributed by atoms with Crippen molar-refractivity contribution < 1.29 is 49.5 Å². The lowest BCUT2D eigenvalue weighted by Crippen LogP contribution is -2.48. The van der Waals surface area contributed by atoms with Gasteiger partial charge in [0.05, 0.1) is 19.6 Å². The Bertz CT molecular complexity index is 648. The number of carbonyl (C=O) groups is 5. The summed E-state index contributed by atoms with van der Waals surface area (Å²) in [5, 5.41) is 46.0. The van der Waals surface area contributed by atoms with Crippen LogP contribution in [0.1, 0.15) is 12.8 Å². The molecule has 0 aromatic heterocycles. The minimum Gasteiger partial charge on any atom is -0.480 e. The summed E-state index contributed by atoms with van der Waals surface area (Å²) in [5.74, 6) is -6.11. The third-order valence-corrected chi connectivity index (χ3v) is 5.27. The normalized spacial score (nSPS) is 27.9. The molecule has 0 aliphatic carbocycles. The van der Waals surface area contributed by atoms with Crippen molar-refractivity contribution in [1.29, 1.82) is 0 Å². The summed E-state index contributed by atoms with van der Waals surface area (Å²) in [4.78, 5) is 60.3. The second kappa shape index (κ2) is 9.15. The maximum atomic E-state index is 11.5. The average molecular weight is 417 g/mol. The lowest BCUT2D eigenvalue weighted by molar-refractivity contribution is -0.146. The molecule has 0 aromatic rings. The SMILES string of the molecule is O=C(O)CN1CC(N(CC(=O)O)[C@H]2C[C@@H](C(=O)O)N(CC(=O)O)C2)C[C@H]1C(=O)O. The van der Waals surface area contributed by atoms with Gasteiger partial charge in [0, 0.05) is 25.2 Å². The van der Waals surface area contributed by atoms with Crippen molar-refractivity contribution in [1.82, 2.24) is 14.7 Å². The maximum absolute atomic E-state index is 11.5. The summed E-state index contributed by atoms with van der Waals surface area (Å²) in [7, 11) is 0. The van der Waals surface area contributed by atoms with E-state index in [0.29, 0.717) is 0 Å². The van der Waals surface area contributed by atoms with Gasteiger partial charge >= 0.3 is 29.8 Å². The Balaban J connectivity index is 2.24. The topological polar surface area (TPSA) is 196 Å². The molecule has 2 heterocycles. The summed E-state index contributed by atoms with van der Waals surface area (Å²) in [6.07, 6.45) is -0.0495. The minimum absolute atomic E-state index is 0.0102. The molecule has 2 rings (SSSR count). The predicted molar refractivity (Wildman–Crippen MR) is 92.4 cm³/mol. The Morgan fingerprint density at radius 1 is 0.690 bits per heavy atom. The standard InChI is InChI=1S/C16H23N3O10/c20-12(21)5-17-3-8(1-10(17)15(26)27)19(7-14(24)25)9-2-11(16(28)29)18(4-9)6-13(22)23/h8-11H,1-7H2,(H,20,21)(H,22,23)(H,24,25)(H,26,27)(H,28,29)/t8-,9?,10-,11-/m0/s1. The van der Waals surface area contributed by atoms with Crippen molar-refractivity contribution >= 4 is 29.8 Å². The van der Waals surface area contributed by atoms with E-state index in [9.17, 15) is 39.3 Å². The van der Waals surface area contributed by atoms with E-state index in [-0.39, 0.29) is 25.9 Å². The van der Waals surface area contributed by atoms with Gasteiger partial charge in [-0.3, -0.25) is 38.7 Å². The van der Waals surface area contributed by atoms with Gasteiger partial charge in [0.1, 0.15) is 12.1 Å². The molecular formula is C16H23N3O10. The summed E-state index contributed by atoms with van der Waals surface area (Å²) in [6, 6.07) is -3.48. The zero-order valence-corrected chi connectivity index (χ0v) is 15.4. The van der Waals surface area contributed by atoms with Gasteiger partial charge in [-0.15, -0.1) is 0 Å². The van der Waals surface area contributed by atoms with Crippen LogP contribution in [0.25, 0.3) is 0 Å². The maximum Gasteiger partial charge on any atom is 0.320 e. The molecule has 2 aliphatic heterocycles. The first kappa shape index (κ1) is 22.5. The zero-order chi connectivity index (χ0) is 21.9. The Labute approximate surface area is 164 Å². The highest BCUT2D eigenvalue weighted by molar-refractivity contribution is 5.77. The quantitative estimate of drug-likeness (QED) is 0.252. The highest BCUT2D eigenvalue weighted by atomic mass is 16.4. The van der Waals surface area contributed by atoms with E-state index in [4.69, 9.17) is 10.2 Å². The van der Waals surface area contributed by atoms with Gasteiger partial charge in [-0.1, -0.05) is 0 Å². The summed E-state index contributed by atoms with van der Waals surface area (Å²) in [6.45, 7) is -1.58. The van der Waals surface area contributed by atoms with E-state index in [1.165, 1.54) is 14.7 Å². The fourth-order valence-corrected chi connectivity index (χ4v) is 4.16. The molecule has 4 atom stereocenters. The molecule has 29 heavy (non-hydrogen) atoms. The summed E-state index contributed by atoms with van der Waals surface area (Å²) < 4.78 is 0. The first-order chi connectivity index (χ1) is 13.5. The van der Waals surface area contributed by atoms with Gasteiger partial charge in [0.15, 0.2) is 0 Å². The van der Waals surface area contributed by atoms with Gasteiger partial charge in [0.2, 0.25) is 0 Å². The first-order valence-corrected chi connectivity index (χ1v) is 8.84. The van der Waals surface area contributed by atoms with Gasteiger partial charge in [-0.25, -0.2) is 0 Å². The third-order valence-electron chi connectivity index (χ3n) is 5.27. The Kier molecular flexibility index (Phi) is 7.11. The molecule has 2 saturated heterocycles. The Morgan fingerprint density at radius 3 is 1.34 bits per heavy atom. The highest BCUT2D eigenvalue weighted by Crippen LogP contribution is 2.29. The molecule has 5 N–H and O–H groups in total. The predicted octanol–water partition coefficient (Wildman–Crippen LogP) is -2.40. The number of carboxylic acid groups (broad SMARTS) is 5. The monoisotopic (exact) mass is 417 g/mol. The van der Waals surface area contributed by atoms with Crippen LogP contribution in [0.15, 0.2) is 0 Å². The van der Waals surface area contributed by atoms with E-state index < -0.39 is 73.6 Å². The van der Waals surface area contributed by atoms with Crippen LogP contribution in [0, 0.1) is 0 Å². The van der Waals surface area contributed by atoms with E-state index in [1.807, 2.05) is 0 Å². The summed E-state index contributed by atoms with van der Waals surface area (Å²) >= 11 is 0. The van der Waals surface area contributed by atoms with Crippen LogP contribution in [0.3, 0.4) is 0 Å². The molecular weight excluding hydrogens is 394 g/mol. The highest BCUT2D eigenvalue weighted by Gasteiger charge is 2.46. The molecule has 2 fully saturated rings. The number of aliphatic carboxylic acids is 5. The molecule has 2 aliphatic rings. The molecule has 162 valence electrons. The largest absolute Gasteiger partial charge is 0.480 e. The van der Waals surface area contributed by atoms with Crippen LogP contribution in [0.2, 0.25) is 0 Å². The molecule has 0 aromatic carbocycles. The molecule has 0 bridgehead atoms. The number of hydrogen-bond acceptors (Lipinski definition) is 8. The van der Waals surface area contributed by atoms with Crippen LogP contribution in [0.5, 0.6) is 0 Å². The van der Waals surface area contributed by atoms with Crippen molar-refractivity contribution in [3.8, 4) is 0 Å². The van der Waals surface area contributed by atoms with Crippen LogP contribution in [-0.4, -0.2) is 127 Å². The van der Waals surface area contributed by atoms with Crippen LogP contribution < -0.4 is 0 Å². The first-order valence-electron chi connectivity index (χ1n) is 8.84. The van der Waals surface area contributed by atoms with E-state index in [1.54, 1.807) is 0 Å². The fraction of sp³-hybridized carbons (Fsp3) is 0.688. The number of rotatable bonds is 10. The summed E-state index contributed by atoms with van der Waals surface area (Å²) in [5.41, 5.74) is 0. The van der Waals surface area contributed by atoms with Gasteiger partial charge in [-0.2, -0.15) is 0 Å². The molecule has 1 unspecified atom stereocenters. The molecule has 13 heteroatoms. The smallest absolute Gasteiger partial charge is 0.320 e. The number of carboxylic acids is 5. The average Bonchev–Trinajstić information content (AvgIpc) is 3.15. The lowest BCUT2D eigenvalue weighted by atomic mass is 10.1. The van der Waals surface area contributed by atoms with Gasteiger partial charge in [0.25, 0.3) is 0 Å². The van der Waals surface area contributed by atoms with Crippen molar-refractivity contribution in [2.45, 2.75) is 37.0 Å². The van der Waals surface area contributed by atoms with E-state index >= 15 is 0 Å². The van der Waals surface area contributed by atoms with E-state index in [0.717, 1.165) is 0 Å². The third kappa shape index (κ3) is 5.62. The molecule has 13 nitrogen and oxygen atoms in total. The lowest BCUT2D eigenvalue weighted by Gasteiger charge is -2.33.